The number of carbonyl (C=O) groups is 1. The molecule has 1 amide bonds. The van der Waals surface area contributed by atoms with Gasteiger partial charge in [-0.2, -0.15) is 0 Å². The molecule has 0 aliphatic rings. The molecule has 0 aliphatic carbocycles. The number of nitrogens with zero attached hydrogens (tertiary/aromatic N) is 3. The van der Waals surface area contributed by atoms with Gasteiger partial charge in [0.05, 0.1) is 5.69 Å². The minimum absolute atomic E-state index is 0.0172. The van der Waals surface area contributed by atoms with Crippen LogP contribution < -0.4 is 5.32 Å². The van der Waals surface area contributed by atoms with E-state index >= 15 is 0 Å². The molecular weight excluding hydrogens is 355 g/mol. The fourth-order valence-corrected chi connectivity index (χ4v) is 2.05. The first-order valence-electron chi connectivity index (χ1n) is 5.09. The van der Waals surface area contributed by atoms with Crippen LogP contribution in [0.3, 0.4) is 0 Å². The molecule has 0 saturated carbocycles. The number of carbonyl (C=O) groups excluding carboxylic acids is 1. The maximum atomic E-state index is 12.0. The van der Waals surface area contributed by atoms with Gasteiger partial charge in [-0.3, -0.25) is 4.79 Å². The lowest BCUT2D eigenvalue weighted by Crippen LogP contribution is -2.15. The monoisotopic (exact) mass is 360 g/mol. The number of rotatable bonds is 2. The summed E-state index contributed by atoms with van der Waals surface area (Å²) in [5, 5.41) is 2.82. The Bertz CT molecular complexity index is 630. The van der Waals surface area contributed by atoms with E-state index in [1.54, 1.807) is 13.0 Å². The number of anilines is 1. The SMILES string of the molecule is Cc1cc(C(=O)Nc2cc(Br)cnc2Cl)nc(Cl)n1. The Morgan fingerprint density at radius 1 is 1.32 bits per heavy atom. The van der Waals surface area contributed by atoms with Crippen LogP contribution in [-0.2, 0) is 0 Å². The van der Waals surface area contributed by atoms with Gasteiger partial charge in [0.25, 0.3) is 5.91 Å². The van der Waals surface area contributed by atoms with E-state index in [2.05, 4.69) is 36.2 Å². The highest BCUT2D eigenvalue weighted by molar-refractivity contribution is 9.10. The molecule has 2 rings (SSSR count). The normalized spacial score (nSPS) is 10.3. The van der Waals surface area contributed by atoms with Crippen LogP contribution in [0.2, 0.25) is 10.4 Å². The minimum atomic E-state index is -0.436. The van der Waals surface area contributed by atoms with Crippen molar-refractivity contribution in [3.63, 3.8) is 0 Å². The van der Waals surface area contributed by atoms with E-state index in [4.69, 9.17) is 23.2 Å². The molecule has 0 aliphatic heterocycles. The number of halogens is 3. The zero-order chi connectivity index (χ0) is 14.0. The fraction of sp³-hybridized carbons (Fsp3) is 0.0909. The molecule has 1 N–H and O–H groups in total. The molecular formula is C11H7BrCl2N4O. The first-order valence-corrected chi connectivity index (χ1v) is 6.64. The molecule has 0 radical (unpaired) electrons. The van der Waals surface area contributed by atoms with E-state index < -0.39 is 5.91 Å². The summed E-state index contributed by atoms with van der Waals surface area (Å²) in [6, 6.07) is 3.17. The molecule has 0 aromatic carbocycles. The predicted molar refractivity (Wildman–Crippen MR) is 76.7 cm³/mol. The predicted octanol–water partition coefficient (Wildman–Crippen LogP) is 3.50. The van der Waals surface area contributed by atoms with E-state index in [9.17, 15) is 4.79 Å². The maximum absolute atomic E-state index is 12.0. The number of hydrogen-bond donors (Lipinski definition) is 1. The van der Waals surface area contributed by atoms with Crippen LogP contribution in [0, 0.1) is 6.92 Å². The molecule has 5 nitrogen and oxygen atoms in total. The average Bonchev–Trinajstić information content (AvgIpc) is 2.32. The number of aromatic nitrogens is 3. The minimum Gasteiger partial charge on any atom is -0.318 e. The van der Waals surface area contributed by atoms with Gasteiger partial charge in [-0.25, -0.2) is 15.0 Å². The molecule has 2 heterocycles. The second-order valence-electron chi connectivity index (χ2n) is 3.61. The molecule has 2 aromatic rings. The Labute approximate surface area is 127 Å². The molecule has 8 heteroatoms. The third-order valence-corrected chi connectivity index (χ3v) is 3.02. The van der Waals surface area contributed by atoms with Crippen molar-refractivity contribution in [1.82, 2.24) is 15.0 Å². The lowest BCUT2D eigenvalue weighted by atomic mass is 10.3. The lowest BCUT2D eigenvalue weighted by Gasteiger charge is -2.07. The zero-order valence-corrected chi connectivity index (χ0v) is 12.7. The molecule has 19 heavy (non-hydrogen) atoms. The van der Waals surface area contributed by atoms with Crippen molar-refractivity contribution in [3.8, 4) is 0 Å². The van der Waals surface area contributed by atoms with Crippen molar-refractivity contribution in [2.75, 3.05) is 5.32 Å². The highest BCUT2D eigenvalue weighted by Crippen LogP contribution is 2.23. The van der Waals surface area contributed by atoms with Gasteiger partial charge in [0.1, 0.15) is 5.69 Å². The Balaban J connectivity index is 2.28. The molecule has 0 fully saturated rings. The van der Waals surface area contributed by atoms with Gasteiger partial charge in [-0.1, -0.05) is 11.6 Å². The van der Waals surface area contributed by atoms with Gasteiger partial charge in [0.2, 0.25) is 5.28 Å². The Morgan fingerprint density at radius 2 is 2.05 bits per heavy atom. The van der Waals surface area contributed by atoms with Gasteiger partial charge in [0.15, 0.2) is 5.15 Å². The van der Waals surface area contributed by atoms with Crippen molar-refractivity contribution in [1.29, 1.82) is 0 Å². The van der Waals surface area contributed by atoms with Gasteiger partial charge >= 0.3 is 0 Å². The maximum Gasteiger partial charge on any atom is 0.274 e. The summed E-state index contributed by atoms with van der Waals surface area (Å²) < 4.78 is 0.698. The smallest absolute Gasteiger partial charge is 0.274 e. The second kappa shape index (κ2) is 5.81. The summed E-state index contributed by atoms with van der Waals surface area (Å²) in [5.41, 5.74) is 1.14. The molecule has 0 spiro atoms. The van der Waals surface area contributed by atoms with Crippen molar-refractivity contribution in [3.05, 3.63) is 44.6 Å². The van der Waals surface area contributed by atoms with Crippen molar-refractivity contribution >= 4 is 50.7 Å². The van der Waals surface area contributed by atoms with Crippen LogP contribution in [-0.4, -0.2) is 20.9 Å². The first-order chi connectivity index (χ1) is 8.95. The number of pyridine rings is 1. The second-order valence-corrected chi connectivity index (χ2v) is 5.22. The summed E-state index contributed by atoms with van der Waals surface area (Å²) in [5.74, 6) is -0.436. The van der Waals surface area contributed by atoms with E-state index in [1.165, 1.54) is 12.3 Å². The fourth-order valence-electron chi connectivity index (χ4n) is 1.35. The van der Waals surface area contributed by atoms with Crippen LogP contribution in [0.4, 0.5) is 5.69 Å². The highest BCUT2D eigenvalue weighted by Gasteiger charge is 2.12. The van der Waals surface area contributed by atoms with Crippen LogP contribution in [0.25, 0.3) is 0 Å². The van der Waals surface area contributed by atoms with E-state index in [1.807, 2.05) is 0 Å². The summed E-state index contributed by atoms with van der Waals surface area (Å²) in [6.45, 7) is 1.72. The van der Waals surface area contributed by atoms with Crippen LogP contribution in [0.5, 0.6) is 0 Å². The van der Waals surface area contributed by atoms with Crippen LogP contribution in [0.1, 0.15) is 16.2 Å². The van der Waals surface area contributed by atoms with E-state index in [0.29, 0.717) is 15.9 Å². The Morgan fingerprint density at radius 3 is 2.74 bits per heavy atom. The lowest BCUT2D eigenvalue weighted by molar-refractivity contribution is 0.102. The van der Waals surface area contributed by atoms with Crippen molar-refractivity contribution in [2.45, 2.75) is 6.92 Å². The third kappa shape index (κ3) is 3.62. The van der Waals surface area contributed by atoms with Crippen LogP contribution >= 0.6 is 39.1 Å². The summed E-state index contributed by atoms with van der Waals surface area (Å²) in [4.78, 5) is 23.7. The summed E-state index contributed by atoms with van der Waals surface area (Å²) in [7, 11) is 0. The molecule has 98 valence electrons. The quantitative estimate of drug-likeness (QED) is 0.656. The molecule has 0 bridgehead atoms. The van der Waals surface area contributed by atoms with E-state index in [0.717, 1.165) is 0 Å². The zero-order valence-electron chi connectivity index (χ0n) is 9.62. The first kappa shape index (κ1) is 14.2. The number of amides is 1. The average molecular weight is 362 g/mol. The summed E-state index contributed by atoms with van der Waals surface area (Å²) in [6.07, 6.45) is 1.53. The Hall–Kier alpha value is -1.24. The van der Waals surface area contributed by atoms with Gasteiger partial charge in [-0.15, -0.1) is 0 Å². The molecule has 0 saturated heterocycles. The van der Waals surface area contributed by atoms with Crippen LogP contribution in [0.15, 0.2) is 22.8 Å². The standard InChI is InChI=1S/C11H7BrCl2N4O/c1-5-2-8(18-11(14)16-5)10(19)17-7-3-6(12)4-15-9(7)13/h2-4H,1H3,(H,17,19). The molecule has 0 unspecified atom stereocenters. The van der Waals surface area contributed by atoms with E-state index in [-0.39, 0.29) is 16.1 Å². The van der Waals surface area contributed by atoms with Gasteiger partial charge in [0, 0.05) is 16.4 Å². The number of aryl methyl sites for hydroxylation is 1. The third-order valence-electron chi connectivity index (χ3n) is 2.11. The molecule has 0 atom stereocenters. The van der Waals surface area contributed by atoms with Gasteiger partial charge < -0.3 is 5.32 Å². The van der Waals surface area contributed by atoms with Crippen molar-refractivity contribution in [2.24, 2.45) is 0 Å². The number of nitrogens with one attached hydrogen (secondary N) is 1. The topological polar surface area (TPSA) is 67.8 Å². The van der Waals surface area contributed by atoms with Gasteiger partial charge in [-0.05, 0) is 46.6 Å². The summed E-state index contributed by atoms with van der Waals surface area (Å²) >= 11 is 14.8. The largest absolute Gasteiger partial charge is 0.318 e. The highest BCUT2D eigenvalue weighted by atomic mass is 79.9. The Kier molecular flexibility index (Phi) is 4.34. The van der Waals surface area contributed by atoms with Crippen molar-refractivity contribution < 1.29 is 4.79 Å². The number of hydrogen-bond acceptors (Lipinski definition) is 4. The molecule has 2 aromatic heterocycles.